The van der Waals surface area contributed by atoms with Crippen LogP contribution in [0.5, 0.6) is 5.88 Å². The number of hydrogen-bond acceptors (Lipinski definition) is 6. The molecule has 0 unspecified atom stereocenters. The molecule has 41 heavy (non-hydrogen) atoms. The van der Waals surface area contributed by atoms with Crippen molar-refractivity contribution in [3.8, 4) is 17.0 Å². The van der Waals surface area contributed by atoms with E-state index in [1.807, 2.05) is 30.0 Å². The fourth-order valence-corrected chi connectivity index (χ4v) is 5.18. The average molecular weight is 590 g/mol. The zero-order valence-corrected chi connectivity index (χ0v) is 23.4. The van der Waals surface area contributed by atoms with Gasteiger partial charge in [0.2, 0.25) is 5.88 Å². The molecule has 0 spiro atoms. The van der Waals surface area contributed by atoms with E-state index in [0.29, 0.717) is 35.7 Å². The number of amides is 2. The number of aromatic nitrogens is 1. The first kappa shape index (κ1) is 30.1. The summed E-state index contributed by atoms with van der Waals surface area (Å²) >= 11 is 5.80. The van der Waals surface area contributed by atoms with Gasteiger partial charge in [-0.05, 0) is 54.4 Å². The minimum atomic E-state index is -4.73. The number of nitrogens with two attached hydrogens (primary N) is 1. The molecule has 2 heterocycles. The number of halogens is 4. The van der Waals surface area contributed by atoms with Crippen LogP contribution in [0, 0.1) is 0 Å². The summed E-state index contributed by atoms with van der Waals surface area (Å²) in [7, 11) is 1.52. The normalized spacial score (nSPS) is 15.5. The Labute approximate surface area is 241 Å². The molecule has 1 saturated heterocycles. The molecule has 0 aliphatic carbocycles. The first-order valence-electron chi connectivity index (χ1n) is 13.1. The van der Waals surface area contributed by atoms with E-state index in [0.717, 1.165) is 17.7 Å². The molecule has 1 aromatic heterocycles. The Kier molecular flexibility index (Phi) is 9.39. The second kappa shape index (κ2) is 12.8. The summed E-state index contributed by atoms with van der Waals surface area (Å²) in [5, 5.41) is 2.72. The zero-order chi connectivity index (χ0) is 29.7. The van der Waals surface area contributed by atoms with Crippen LogP contribution in [0.2, 0.25) is 5.02 Å². The standard InChI is InChI=1S/C29H31ClF3N5O3/c1-3-20-17-37(28(40)22-8-7-19(30)16-24(22)29(31,32)33)13-14-38(20)25-9-6-18(15-23(25)26(39)35-12-10-34)21-5-4-11-36-27(21)41-2/h4-9,11,15-16,20H,3,10,12-14,17,34H2,1-2H3,(H,35,39)/t20-/m1/s1. The fraction of sp³-hybridized carbons (Fsp3) is 0.345. The smallest absolute Gasteiger partial charge is 0.417 e. The molecule has 12 heteroatoms. The van der Waals surface area contributed by atoms with Crippen molar-refractivity contribution in [2.45, 2.75) is 25.6 Å². The predicted octanol–water partition coefficient (Wildman–Crippen LogP) is 4.86. The lowest BCUT2D eigenvalue weighted by molar-refractivity contribution is -0.138. The van der Waals surface area contributed by atoms with Gasteiger partial charge in [-0.15, -0.1) is 0 Å². The summed E-state index contributed by atoms with van der Waals surface area (Å²) in [6, 6.07) is 12.0. The molecule has 1 fully saturated rings. The van der Waals surface area contributed by atoms with Crippen molar-refractivity contribution < 1.29 is 27.5 Å². The van der Waals surface area contributed by atoms with E-state index in [2.05, 4.69) is 10.3 Å². The van der Waals surface area contributed by atoms with Crippen molar-refractivity contribution in [2.24, 2.45) is 5.73 Å². The van der Waals surface area contributed by atoms with Crippen LogP contribution < -0.4 is 20.7 Å². The highest BCUT2D eigenvalue weighted by Crippen LogP contribution is 2.36. The van der Waals surface area contributed by atoms with E-state index < -0.39 is 23.2 Å². The number of alkyl halides is 3. The quantitative estimate of drug-likeness (QED) is 0.389. The van der Waals surface area contributed by atoms with Gasteiger partial charge in [0, 0.05) is 61.2 Å². The fourth-order valence-electron chi connectivity index (χ4n) is 5.00. The number of hydrogen-bond donors (Lipinski definition) is 2. The Morgan fingerprint density at radius 3 is 2.61 bits per heavy atom. The van der Waals surface area contributed by atoms with E-state index in [4.69, 9.17) is 22.1 Å². The van der Waals surface area contributed by atoms with Gasteiger partial charge in [0.05, 0.1) is 23.8 Å². The van der Waals surface area contributed by atoms with Crippen LogP contribution >= 0.6 is 11.6 Å². The molecule has 2 aromatic carbocycles. The molecule has 0 radical (unpaired) electrons. The number of pyridine rings is 1. The third kappa shape index (κ3) is 6.57. The third-order valence-electron chi connectivity index (χ3n) is 7.01. The molecular weight excluding hydrogens is 559 g/mol. The van der Waals surface area contributed by atoms with Gasteiger partial charge in [0.15, 0.2) is 0 Å². The highest BCUT2D eigenvalue weighted by atomic mass is 35.5. The summed E-state index contributed by atoms with van der Waals surface area (Å²) in [4.78, 5) is 34.3. The van der Waals surface area contributed by atoms with Gasteiger partial charge < -0.3 is 25.6 Å². The second-order valence-corrected chi connectivity index (χ2v) is 9.97. The number of nitrogens with zero attached hydrogens (tertiary/aromatic N) is 3. The van der Waals surface area contributed by atoms with Crippen molar-refractivity contribution in [3.63, 3.8) is 0 Å². The van der Waals surface area contributed by atoms with Gasteiger partial charge >= 0.3 is 6.18 Å². The number of carbonyl (C=O) groups excluding carboxylic acids is 2. The van der Waals surface area contributed by atoms with Gasteiger partial charge in [0.1, 0.15) is 0 Å². The van der Waals surface area contributed by atoms with Gasteiger partial charge in [-0.1, -0.05) is 24.6 Å². The molecular formula is C29H31ClF3N5O3. The Balaban J connectivity index is 1.67. The number of carbonyl (C=O) groups is 2. The number of nitrogens with one attached hydrogen (secondary N) is 1. The lowest BCUT2D eigenvalue weighted by atomic mass is 9.98. The minimum absolute atomic E-state index is 0.0991. The van der Waals surface area contributed by atoms with Crippen LogP contribution in [-0.4, -0.2) is 67.6 Å². The second-order valence-electron chi connectivity index (χ2n) is 9.53. The van der Waals surface area contributed by atoms with Crippen LogP contribution in [0.3, 0.4) is 0 Å². The van der Waals surface area contributed by atoms with Crippen molar-refractivity contribution in [1.29, 1.82) is 0 Å². The summed E-state index contributed by atoms with van der Waals surface area (Å²) in [6.07, 6.45) is -2.54. The number of benzene rings is 2. The van der Waals surface area contributed by atoms with E-state index in [-0.39, 0.29) is 43.2 Å². The summed E-state index contributed by atoms with van der Waals surface area (Å²) in [5.74, 6) is -0.626. The van der Waals surface area contributed by atoms with E-state index >= 15 is 0 Å². The highest BCUT2D eigenvalue weighted by Gasteiger charge is 2.38. The average Bonchev–Trinajstić information content (AvgIpc) is 2.98. The van der Waals surface area contributed by atoms with Crippen LogP contribution in [-0.2, 0) is 6.18 Å². The molecule has 1 atom stereocenters. The van der Waals surface area contributed by atoms with Crippen LogP contribution in [0.15, 0.2) is 54.7 Å². The topological polar surface area (TPSA) is 101 Å². The summed E-state index contributed by atoms with van der Waals surface area (Å²) in [5.41, 5.74) is 6.58. The molecule has 4 rings (SSSR count). The molecule has 1 aliphatic heterocycles. The lowest BCUT2D eigenvalue weighted by Crippen LogP contribution is -2.55. The van der Waals surface area contributed by atoms with Gasteiger partial charge in [-0.3, -0.25) is 9.59 Å². The molecule has 0 bridgehead atoms. The molecule has 3 N–H and O–H groups in total. The molecule has 8 nitrogen and oxygen atoms in total. The number of rotatable bonds is 8. The maximum atomic E-state index is 13.7. The Morgan fingerprint density at radius 2 is 1.93 bits per heavy atom. The number of ether oxygens (including phenoxy) is 1. The first-order chi connectivity index (χ1) is 19.6. The van der Waals surface area contributed by atoms with E-state index in [1.165, 1.54) is 18.1 Å². The molecule has 2 amide bonds. The van der Waals surface area contributed by atoms with Crippen molar-refractivity contribution >= 4 is 29.1 Å². The number of piperazine rings is 1. The van der Waals surface area contributed by atoms with Gasteiger partial charge in [-0.25, -0.2) is 4.98 Å². The highest BCUT2D eigenvalue weighted by molar-refractivity contribution is 6.30. The Bertz CT molecular complexity index is 1420. The Hall–Kier alpha value is -3.83. The number of anilines is 1. The van der Waals surface area contributed by atoms with E-state index in [9.17, 15) is 22.8 Å². The monoisotopic (exact) mass is 589 g/mol. The maximum absolute atomic E-state index is 13.7. The molecule has 3 aromatic rings. The summed E-state index contributed by atoms with van der Waals surface area (Å²) < 4.78 is 46.5. The van der Waals surface area contributed by atoms with Gasteiger partial charge in [0.25, 0.3) is 11.8 Å². The van der Waals surface area contributed by atoms with Crippen molar-refractivity contribution in [1.82, 2.24) is 15.2 Å². The maximum Gasteiger partial charge on any atom is 0.417 e. The van der Waals surface area contributed by atoms with Gasteiger partial charge in [-0.2, -0.15) is 13.2 Å². The zero-order valence-electron chi connectivity index (χ0n) is 22.7. The molecule has 1 aliphatic rings. The first-order valence-corrected chi connectivity index (χ1v) is 13.5. The summed E-state index contributed by atoms with van der Waals surface area (Å²) in [6.45, 7) is 3.12. The van der Waals surface area contributed by atoms with Crippen molar-refractivity contribution in [3.05, 3.63) is 76.4 Å². The lowest BCUT2D eigenvalue weighted by Gasteiger charge is -2.43. The SMILES string of the molecule is CC[C@@H]1CN(C(=O)c2ccc(Cl)cc2C(F)(F)F)CCN1c1ccc(-c2cccnc2OC)cc1C(=O)NCCN. The van der Waals surface area contributed by atoms with Crippen LogP contribution in [0.4, 0.5) is 18.9 Å². The van der Waals surface area contributed by atoms with Crippen molar-refractivity contribution in [2.75, 3.05) is 44.7 Å². The largest absolute Gasteiger partial charge is 0.481 e. The minimum Gasteiger partial charge on any atom is -0.481 e. The van der Waals surface area contributed by atoms with Crippen LogP contribution in [0.25, 0.3) is 11.1 Å². The molecule has 0 saturated carbocycles. The molecule has 218 valence electrons. The van der Waals surface area contributed by atoms with Crippen LogP contribution in [0.1, 0.15) is 39.6 Å². The predicted molar refractivity (Wildman–Crippen MR) is 151 cm³/mol. The third-order valence-corrected chi connectivity index (χ3v) is 7.25. The Morgan fingerprint density at radius 1 is 1.15 bits per heavy atom. The number of methoxy groups -OCH3 is 1. The van der Waals surface area contributed by atoms with E-state index in [1.54, 1.807) is 18.3 Å².